The van der Waals surface area contributed by atoms with Gasteiger partial charge in [0.25, 0.3) is 0 Å². The van der Waals surface area contributed by atoms with Crippen molar-refractivity contribution in [3.05, 3.63) is 82.9 Å². The van der Waals surface area contributed by atoms with E-state index in [4.69, 9.17) is 18.9 Å². The molecule has 3 aromatic rings. The van der Waals surface area contributed by atoms with Crippen LogP contribution in [-0.2, 0) is 0 Å². The van der Waals surface area contributed by atoms with Crippen LogP contribution in [0.1, 0.15) is 178 Å². The average Bonchev–Trinajstić information content (AvgIpc) is 3.35. The number of ether oxygens (including phenoxy) is 4. The summed E-state index contributed by atoms with van der Waals surface area (Å²) in [5, 5.41) is 0. The first kappa shape index (κ1) is 64.5. The Morgan fingerprint density at radius 3 is 0.689 bits per heavy atom. The molecule has 0 heterocycles. The van der Waals surface area contributed by atoms with Gasteiger partial charge in [0.1, 0.15) is 23.0 Å². The molecular formula is C66H114N4O4+4. The highest BCUT2D eigenvalue weighted by molar-refractivity contribution is 5.74. The summed E-state index contributed by atoms with van der Waals surface area (Å²) in [6.07, 6.45) is 33.1. The van der Waals surface area contributed by atoms with Gasteiger partial charge in [-0.2, -0.15) is 0 Å². The van der Waals surface area contributed by atoms with Gasteiger partial charge in [-0.1, -0.05) is 102 Å². The first-order valence-corrected chi connectivity index (χ1v) is 30.0. The molecule has 0 atom stereocenters. The van der Waals surface area contributed by atoms with Crippen molar-refractivity contribution in [1.82, 2.24) is 0 Å². The molecule has 0 aliphatic carbocycles. The SMILES string of the molecule is CCCCC[N+](C)(C)CCCCOc1cc(/C=C/c2ccc(/C=C/c3cc(OCCCC[N+](C)(C)CCCCC)cc(OCCCC[N+](C)(C)CCCCC)c3)cc2)cc(OCCCC[N+](C)(C)CCCCC)c1. The van der Waals surface area contributed by atoms with Gasteiger partial charge in [-0.3, -0.25) is 0 Å². The van der Waals surface area contributed by atoms with Crippen LogP contribution in [-0.4, -0.2) is 153 Å². The van der Waals surface area contributed by atoms with Gasteiger partial charge in [-0.05, 0) is 149 Å². The van der Waals surface area contributed by atoms with E-state index in [1.807, 2.05) is 0 Å². The third-order valence-corrected chi connectivity index (χ3v) is 14.9. The number of unbranched alkanes of at least 4 members (excludes halogenated alkanes) is 12. The molecule has 0 fully saturated rings. The average molecular weight is 1030 g/mol. The summed E-state index contributed by atoms with van der Waals surface area (Å²) in [4.78, 5) is 0. The van der Waals surface area contributed by atoms with E-state index in [1.165, 1.54) is 129 Å². The summed E-state index contributed by atoms with van der Waals surface area (Å²) in [6.45, 7) is 21.7. The van der Waals surface area contributed by atoms with Crippen LogP contribution in [0.4, 0.5) is 0 Å². The maximum Gasteiger partial charge on any atom is 0.123 e. The second-order valence-corrected chi connectivity index (χ2v) is 24.4. The summed E-state index contributed by atoms with van der Waals surface area (Å²) in [5.74, 6) is 3.52. The highest BCUT2D eigenvalue weighted by Gasteiger charge is 2.17. The lowest BCUT2D eigenvalue weighted by molar-refractivity contribution is -0.890. The van der Waals surface area contributed by atoms with Crippen molar-refractivity contribution in [3.8, 4) is 23.0 Å². The Morgan fingerprint density at radius 2 is 0.473 bits per heavy atom. The molecule has 0 amide bonds. The van der Waals surface area contributed by atoms with Gasteiger partial charge in [-0.25, -0.2) is 0 Å². The minimum atomic E-state index is 0.710. The zero-order valence-corrected chi connectivity index (χ0v) is 50.1. The molecule has 74 heavy (non-hydrogen) atoms. The fourth-order valence-corrected chi connectivity index (χ4v) is 9.75. The maximum atomic E-state index is 6.43. The molecule has 0 saturated carbocycles. The topological polar surface area (TPSA) is 36.9 Å². The van der Waals surface area contributed by atoms with Crippen molar-refractivity contribution < 1.29 is 36.9 Å². The number of rotatable bonds is 44. The van der Waals surface area contributed by atoms with Gasteiger partial charge in [0.05, 0.1) is 135 Å². The summed E-state index contributed by atoms with van der Waals surface area (Å²) in [7, 11) is 18.9. The number of benzene rings is 3. The van der Waals surface area contributed by atoms with E-state index in [-0.39, 0.29) is 0 Å². The van der Waals surface area contributed by atoms with Gasteiger partial charge in [0.2, 0.25) is 0 Å². The Bertz CT molecular complexity index is 1730. The molecule has 3 rings (SSSR count). The maximum absolute atomic E-state index is 6.43. The van der Waals surface area contributed by atoms with E-state index in [0.29, 0.717) is 26.4 Å². The van der Waals surface area contributed by atoms with E-state index in [1.54, 1.807) is 0 Å². The van der Waals surface area contributed by atoms with Crippen LogP contribution in [0.15, 0.2) is 60.7 Å². The molecule has 8 nitrogen and oxygen atoms in total. The Kier molecular flexibility index (Phi) is 31.6. The van der Waals surface area contributed by atoms with E-state index < -0.39 is 0 Å². The third kappa shape index (κ3) is 30.7. The minimum Gasteiger partial charge on any atom is -0.493 e. The summed E-state index contributed by atoms with van der Waals surface area (Å²) in [6, 6.07) is 21.6. The molecule has 8 heteroatoms. The normalized spacial score (nSPS) is 12.6. The second kappa shape index (κ2) is 36.3. The van der Waals surface area contributed by atoms with Crippen molar-refractivity contribution in [2.24, 2.45) is 0 Å². The summed E-state index contributed by atoms with van der Waals surface area (Å²) in [5.41, 5.74) is 4.46. The van der Waals surface area contributed by atoms with E-state index in [0.717, 1.165) is 115 Å². The molecule has 0 aliphatic heterocycles. The van der Waals surface area contributed by atoms with Crippen LogP contribution < -0.4 is 18.9 Å². The Morgan fingerprint density at radius 1 is 0.270 bits per heavy atom. The molecule has 0 N–H and O–H groups in total. The van der Waals surface area contributed by atoms with Crippen LogP contribution >= 0.6 is 0 Å². The van der Waals surface area contributed by atoms with Crippen LogP contribution in [0.2, 0.25) is 0 Å². The van der Waals surface area contributed by atoms with Crippen LogP contribution in [0.5, 0.6) is 23.0 Å². The molecule has 0 radical (unpaired) electrons. The smallest absolute Gasteiger partial charge is 0.123 e. The lowest BCUT2D eigenvalue weighted by Gasteiger charge is -2.30. The molecule has 0 saturated heterocycles. The minimum absolute atomic E-state index is 0.710. The zero-order chi connectivity index (χ0) is 54.0. The fourth-order valence-electron chi connectivity index (χ4n) is 9.75. The molecule has 0 bridgehead atoms. The highest BCUT2D eigenvalue weighted by atomic mass is 16.5. The van der Waals surface area contributed by atoms with Crippen LogP contribution in [0.25, 0.3) is 24.3 Å². The Balaban J connectivity index is 1.69. The Hall–Kier alpha value is -3.82. The third-order valence-electron chi connectivity index (χ3n) is 14.9. The number of quaternary nitrogens is 4. The van der Waals surface area contributed by atoms with Crippen LogP contribution in [0, 0.1) is 0 Å². The number of hydrogen-bond acceptors (Lipinski definition) is 4. The van der Waals surface area contributed by atoms with Gasteiger partial charge < -0.3 is 36.9 Å². The highest BCUT2D eigenvalue weighted by Crippen LogP contribution is 2.28. The molecule has 3 aromatic carbocycles. The zero-order valence-electron chi connectivity index (χ0n) is 50.1. The second-order valence-electron chi connectivity index (χ2n) is 24.4. The van der Waals surface area contributed by atoms with Crippen molar-refractivity contribution in [2.75, 3.05) is 135 Å². The molecule has 0 aliphatic rings. The molecule has 0 aromatic heterocycles. The Labute approximate surface area is 456 Å². The van der Waals surface area contributed by atoms with Gasteiger partial charge in [0.15, 0.2) is 0 Å². The fraction of sp³-hybridized carbons (Fsp3) is 0.667. The predicted molar refractivity (Wildman–Crippen MR) is 322 cm³/mol. The van der Waals surface area contributed by atoms with Crippen molar-refractivity contribution in [1.29, 1.82) is 0 Å². The molecular weight excluding hydrogens is 913 g/mol. The molecule has 0 unspecified atom stereocenters. The monoisotopic (exact) mass is 1030 g/mol. The van der Waals surface area contributed by atoms with Gasteiger partial charge in [0, 0.05) is 12.1 Å². The van der Waals surface area contributed by atoms with Crippen LogP contribution in [0.3, 0.4) is 0 Å². The first-order chi connectivity index (χ1) is 35.5. The van der Waals surface area contributed by atoms with Gasteiger partial charge in [-0.15, -0.1) is 0 Å². The van der Waals surface area contributed by atoms with Gasteiger partial charge >= 0.3 is 0 Å². The van der Waals surface area contributed by atoms with E-state index >= 15 is 0 Å². The first-order valence-electron chi connectivity index (χ1n) is 30.0. The van der Waals surface area contributed by atoms with E-state index in [2.05, 4.69) is 169 Å². The van der Waals surface area contributed by atoms with Crippen molar-refractivity contribution in [3.63, 3.8) is 0 Å². The van der Waals surface area contributed by atoms with Crippen molar-refractivity contribution >= 4 is 24.3 Å². The summed E-state index contributed by atoms with van der Waals surface area (Å²) >= 11 is 0. The van der Waals surface area contributed by atoms with Crippen molar-refractivity contribution in [2.45, 2.75) is 156 Å². The summed E-state index contributed by atoms with van der Waals surface area (Å²) < 4.78 is 30.0. The lowest BCUT2D eigenvalue weighted by atomic mass is 10.1. The van der Waals surface area contributed by atoms with E-state index in [9.17, 15) is 0 Å². The lowest BCUT2D eigenvalue weighted by Crippen LogP contribution is -2.41. The molecule has 0 spiro atoms. The largest absolute Gasteiger partial charge is 0.493 e. The number of hydrogen-bond donors (Lipinski definition) is 0. The number of nitrogens with zero attached hydrogens (tertiary/aromatic N) is 4. The molecule has 418 valence electrons. The standard InChI is InChI=1S/C66H114N4O4/c1-13-17-21-41-67(5,6)45-25-29-49-71-63-53-61(54-64(57-63)72-50-30-26-46-68(7,8)42-22-18-14-2)39-37-59-33-35-60(36-34-59)38-40-62-55-65(73-51-31-27-47-69(9,10)43-23-19-15-3)58-66(56-62)74-52-32-28-48-70(11,12)44-24-20-16-4/h33-40,53-58H,13-32,41-52H2,1-12H3/q+4/b39-37+,40-38+. The predicted octanol–water partition coefficient (Wildman–Crippen LogP) is 15.7. The quantitative estimate of drug-likeness (QED) is 0.0321.